The van der Waals surface area contributed by atoms with E-state index < -0.39 is 0 Å². The zero-order valence-electron chi connectivity index (χ0n) is 16.7. The first-order chi connectivity index (χ1) is 14.0. The maximum absolute atomic E-state index is 12.4. The monoisotopic (exact) mass is 391 g/mol. The molecular formula is C23H25N3O3. The second-order valence-electron chi connectivity index (χ2n) is 6.99. The normalized spacial score (nSPS) is 10.9. The SMILES string of the molecule is CC(C)OCc1ccccc1CNC(=O)Cn1nc(-c2ccccc2)ccc1=O. The number of ether oxygens (including phenoxy) is 1. The summed E-state index contributed by atoms with van der Waals surface area (Å²) in [7, 11) is 0. The summed E-state index contributed by atoms with van der Waals surface area (Å²) >= 11 is 0. The number of benzene rings is 2. The highest BCUT2D eigenvalue weighted by Gasteiger charge is 2.09. The Hall–Kier alpha value is -3.25. The molecule has 2 aromatic carbocycles. The molecule has 0 aliphatic heterocycles. The van der Waals surface area contributed by atoms with Gasteiger partial charge in [-0.1, -0.05) is 54.6 Å². The van der Waals surface area contributed by atoms with Crippen molar-refractivity contribution in [2.24, 2.45) is 0 Å². The van der Waals surface area contributed by atoms with Gasteiger partial charge in [-0.05, 0) is 31.0 Å². The second-order valence-corrected chi connectivity index (χ2v) is 6.99. The molecule has 0 aliphatic rings. The maximum Gasteiger partial charge on any atom is 0.267 e. The molecule has 1 aromatic heterocycles. The summed E-state index contributed by atoms with van der Waals surface area (Å²) in [6, 6.07) is 20.5. The van der Waals surface area contributed by atoms with Crippen LogP contribution >= 0.6 is 0 Å². The van der Waals surface area contributed by atoms with Gasteiger partial charge in [0.05, 0.1) is 18.4 Å². The van der Waals surface area contributed by atoms with Crippen molar-refractivity contribution in [1.82, 2.24) is 15.1 Å². The van der Waals surface area contributed by atoms with E-state index in [4.69, 9.17) is 4.74 Å². The lowest BCUT2D eigenvalue weighted by atomic mass is 10.1. The molecule has 0 spiro atoms. The minimum Gasteiger partial charge on any atom is -0.374 e. The van der Waals surface area contributed by atoms with Crippen molar-refractivity contribution in [3.63, 3.8) is 0 Å². The van der Waals surface area contributed by atoms with Gasteiger partial charge in [0.1, 0.15) is 6.54 Å². The molecule has 0 bridgehead atoms. The van der Waals surface area contributed by atoms with E-state index >= 15 is 0 Å². The summed E-state index contributed by atoms with van der Waals surface area (Å²) in [4.78, 5) is 24.5. The summed E-state index contributed by atoms with van der Waals surface area (Å²) in [5.74, 6) is -0.274. The Kier molecular flexibility index (Phi) is 6.92. The molecule has 150 valence electrons. The molecule has 6 heteroatoms. The average Bonchev–Trinajstić information content (AvgIpc) is 2.73. The number of hydrogen-bond acceptors (Lipinski definition) is 4. The standard InChI is InChI=1S/C23H25N3O3/c1-17(2)29-16-20-11-7-6-10-19(20)14-24-22(27)15-26-23(28)13-12-21(25-26)18-8-4-3-5-9-18/h3-13,17H,14-16H2,1-2H3,(H,24,27). The fraction of sp³-hybridized carbons (Fsp3) is 0.261. The van der Waals surface area contributed by atoms with Crippen LogP contribution in [0.2, 0.25) is 0 Å². The third-order valence-electron chi connectivity index (χ3n) is 4.40. The average molecular weight is 391 g/mol. The molecule has 0 radical (unpaired) electrons. The topological polar surface area (TPSA) is 73.2 Å². The van der Waals surface area contributed by atoms with Crippen LogP contribution in [-0.2, 0) is 29.2 Å². The van der Waals surface area contributed by atoms with Crippen LogP contribution in [0.3, 0.4) is 0 Å². The van der Waals surface area contributed by atoms with Crippen LogP contribution in [0.5, 0.6) is 0 Å². The first-order valence-corrected chi connectivity index (χ1v) is 9.61. The van der Waals surface area contributed by atoms with Crippen molar-refractivity contribution in [1.29, 1.82) is 0 Å². The van der Waals surface area contributed by atoms with E-state index in [1.807, 2.05) is 68.4 Å². The van der Waals surface area contributed by atoms with Crippen LogP contribution in [-0.4, -0.2) is 21.8 Å². The first-order valence-electron chi connectivity index (χ1n) is 9.61. The Bertz CT molecular complexity index is 1010. The zero-order valence-corrected chi connectivity index (χ0v) is 16.7. The van der Waals surface area contributed by atoms with E-state index in [0.29, 0.717) is 18.8 Å². The Labute approximate surface area is 170 Å². The minimum atomic E-state index is -0.314. The predicted octanol–water partition coefficient (Wildman–Crippen LogP) is 3.15. The summed E-state index contributed by atoms with van der Waals surface area (Å²) in [5, 5.41) is 7.19. The highest BCUT2D eigenvalue weighted by atomic mass is 16.5. The lowest BCUT2D eigenvalue weighted by Gasteiger charge is -2.13. The summed E-state index contributed by atoms with van der Waals surface area (Å²) in [6.07, 6.45) is 0.132. The molecule has 6 nitrogen and oxygen atoms in total. The van der Waals surface area contributed by atoms with Crippen LogP contribution in [0.1, 0.15) is 25.0 Å². The molecule has 0 aliphatic carbocycles. The van der Waals surface area contributed by atoms with Gasteiger partial charge < -0.3 is 10.1 Å². The number of carbonyl (C=O) groups is 1. The van der Waals surface area contributed by atoms with E-state index in [0.717, 1.165) is 16.7 Å². The van der Waals surface area contributed by atoms with Crippen LogP contribution in [0.15, 0.2) is 71.5 Å². The van der Waals surface area contributed by atoms with Crippen molar-refractivity contribution in [3.8, 4) is 11.3 Å². The van der Waals surface area contributed by atoms with Gasteiger partial charge in [-0.15, -0.1) is 0 Å². The molecule has 3 rings (SSSR count). The Morgan fingerprint density at radius 1 is 1.00 bits per heavy atom. The fourth-order valence-corrected chi connectivity index (χ4v) is 2.84. The highest BCUT2D eigenvalue weighted by molar-refractivity contribution is 5.75. The van der Waals surface area contributed by atoms with E-state index in [1.54, 1.807) is 6.07 Å². The zero-order chi connectivity index (χ0) is 20.6. The first kappa shape index (κ1) is 20.5. The number of aromatic nitrogens is 2. The van der Waals surface area contributed by atoms with Gasteiger partial charge in [-0.2, -0.15) is 5.10 Å². The molecule has 0 unspecified atom stereocenters. The van der Waals surface area contributed by atoms with Gasteiger partial charge >= 0.3 is 0 Å². The van der Waals surface area contributed by atoms with Gasteiger partial charge in [0.2, 0.25) is 5.91 Å². The Balaban J connectivity index is 1.65. The molecule has 0 atom stereocenters. The van der Waals surface area contributed by atoms with Crippen molar-refractivity contribution < 1.29 is 9.53 Å². The molecular weight excluding hydrogens is 366 g/mol. The van der Waals surface area contributed by atoms with Gasteiger partial charge in [0, 0.05) is 18.2 Å². The number of nitrogens with one attached hydrogen (secondary N) is 1. The van der Waals surface area contributed by atoms with E-state index in [9.17, 15) is 9.59 Å². The molecule has 1 N–H and O–H groups in total. The molecule has 1 amide bonds. The van der Waals surface area contributed by atoms with Crippen LogP contribution in [0.25, 0.3) is 11.3 Å². The van der Waals surface area contributed by atoms with Gasteiger partial charge in [0.15, 0.2) is 0 Å². The third kappa shape index (κ3) is 5.86. The largest absolute Gasteiger partial charge is 0.374 e. The second kappa shape index (κ2) is 9.80. The number of amides is 1. The fourth-order valence-electron chi connectivity index (χ4n) is 2.84. The van der Waals surface area contributed by atoms with Crippen LogP contribution < -0.4 is 10.9 Å². The molecule has 0 fully saturated rings. The molecule has 3 aromatic rings. The van der Waals surface area contributed by atoms with Crippen molar-refractivity contribution in [3.05, 3.63) is 88.2 Å². The van der Waals surface area contributed by atoms with Crippen LogP contribution in [0.4, 0.5) is 0 Å². The number of carbonyl (C=O) groups excluding carboxylic acids is 1. The lowest BCUT2D eigenvalue weighted by molar-refractivity contribution is -0.122. The molecule has 0 saturated heterocycles. The highest BCUT2D eigenvalue weighted by Crippen LogP contribution is 2.14. The lowest BCUT2D eigenvalue weighted by Crippen LogP contribution is -2.33. The van der Waals surface area contributed by atoms with E-state index in [-0.39, 0.29) is 24.1 Å². The molecule has 29 heavy (non-hydrogen) atoms. The number of rotatable bonds is 8. The van der Waals surface area contributed by atoms with Gasteiger partial charge in [0.25, 0.3) is 5.56 Å². The summed E-state index contributed by atoms with van der Waals surface area (Å²) in [6.45, 7) is 4.69. The summed E-state index contributed by atoms with van der Waals surface area (Å²) in [5.41, 5.74) is 3.24. The molecule has 0 saturated carbocycles. The number of hydrogen-bond donors (Lipinski definition) is 1. The van der Waals surface area contributed by atoms with Crippen molar-refractivity contribution in [2.75, 3.05) is 0 Å². The number of nitrogens with zero attached hydrogens (tertiary/aromatic N) is 2. The van der Waals surface area contributed by atoms with Crippen molar-refractivity contribution in [2.45, 2.75) is 39.6 Å². The predicted molar refractivity (Wildman–Crippen MR) is 112 cm³/mol. The quantitative estimate of drug-likeness (QED) is 0.640. The summed E-state index contributed by atoms with van der Waals surface area (Å²) < 4.78 is 6.86. The van der Waals surface area contributed by atoms with E-state index in [2.05, 4.69) is 10.4 Å². The third-order valence-corrected chi connectivity index (χ3v) is 4.40. The van der Waals surface area contributed by atoms with Crippen molar-refractivity contribution >= 4 is 5.91 Å². The Morgan fingerprint density at radius 3 is 2.41 bits per heavy atom. The van der Waals surface area contributed by atoms with Gasteiger partial charge in [-0.3, -0.25) is 9.59 Å². The minimum absolute atomic E-state index is 0.132. The maximum atomic E-state index is 12.4. The van der Waals surface area contributed by atoms with Gasteiger partial charge in [-0.25, -0.2) is 4.68 Å². The Morgan fingerprint density at radius 2 is 1.69 bits per heavy atom. The molecule has 1 heterocycles. The van der Waals surface area contributed by atoms with Crippen LogP contribution in [0, 0.1) is 0 Å². The smallest absolute Gasteiger partial charge is 0.267 e. The van der Waals surface area contributed by atoms with E-state index in [1.165, 1.54) is 10.7 Å².